The molecule has 1 aromatic heterocycles. The van der Waals surface area contributed by atoms with Crippen molar-refractivity contribution in [2.24, 2.45) is 5.92 Å². The predicted molar refractivity (Wildman–Crippen MR) is 86.0 cm³/mol. The van der Waals surface area contributed by atoms with Crippen LogP contribution < -0.4 is 5.32 Å². The summed E-state index contributed by atoms with van der Waals surface area (Å²) < 4.78 is 0. The van der Waals surface area contributed by atoms with Gasteiger partial charge < -0.3 is 15.2 Å². The van der Waals surface area contributed by atoms with Crippen molar-refractivity contribution >= 4 is 28.5 Å². The number of Topliss-reactive ketones (excluding diaryl/α,β-unsaturated/α-hetero) is 1. The van der Waals surface area contributed by atoms with E-state index in [1.807, 2.05) is 31.2 Å². The third kappa shape index (κ3) is 3.26. The fraction of sp³-hybridized carbons (Fsp3) is 0.353. The number of rotatable bonds is 3. The summed E-state index contributed by atoms with van der Waals surface area (Å²) in [5.74, 6) is -0.405. The molecule has 2 heterocycles. The van der Waals surface area contributed by atoms with Gasteiger partial charge in [-0.05, 0) is 12.1 Å². The molecule has 0 bridgehead atoms. The van der Waals surface area contributed by atoms with Crippen molar-refractivity contribution in [2.75, 3.05) is 19.6 Å². The summed E-state index contributed by atoms with van der Waals surface area (Å²) in [5.41, 5.74) is 1.31. The molecular weight excluding hydrogens is 294 g/mol. The van der Waals surface area contributed by atoms with Crippen LogP contribution in [0.25, 0.3) is 10.9 Å². The van der Waals surface area contributed by atoms with E-state index in [1.165, 1.54) is 0 Å². The third-order valence-electron chi connectivity index (χ3n) is 4.20. The molecule has 2 amide bonds. The summed E-state index contributed by atoms with van der Waals surface area (Å²) in [5, 5.41) is 3.59. The molecule has 6 nitrogen and oxygen atoms in total. The summed E-state index contributed by atoms with van der Waals surface area (Å²) >= 11 is 0. The SMILES string of the molecule is CC1CN(C(=O)CNC(=O)c2cc3ccccc3[nH]2)CCC1=O. The molecule has 1 aliphatic rings. The van der Waals surface area contributed by atoms with Gasteiger partial charge in [0, 0.05) is 36.3 Å². The normalized spacial score (nSPS) is 18.2. The standard InChI is InChI=1S/C17H19N3O3/c1-11-10-20(7-6-15(11)21)16(22)9-18-17(23)14-8-12-4-2-3-5-13(12)19-14/h2-5,8,11,19H,6-7,9-10H2,1H3,(H,18,23). The van der Waals surface area contributed by atoms with Gasteiger partial charge in [-0.25, -0.2) is 0 Å². The number of H-pyrrole nitrogens is 1. The van der Waals surface area contributed by atoms with Crippen LogP contribution in [0.15, 0.2) is 30.3 Å². The van der Waals surface area contributed by atoms with Gasteiger partial charge in [-0.15, -0.1) is 0 Å². The molecule has 1 aromatic carbocycles. The van der Waals surface area contributed by atoms with Crippen LogP contribution in [0.3, 0.4) is 0 Å². The Bertz CT molecular complexity index is 732. The van der Waals surface area contributed by atoms with Gasteiger partial charge in [-0.3, -0.25) is 14.4 Å². The Morgan fingerprint density at radius 3 is 2.87 bits per heavy atom. The van der Waals surface area contributed by atoms with E-state index >= 15 is 0 Å². The van der Waals surface area contributed by atoms with Crippen molar-refractivity contribution < 1.29 is 14.4 Å². The zero-order valence-corrected chi connectivity index (χ0v) is 13.0. The maximum absolute atomic E-state index is 12.2. The van der Waals surface area contributed by atoms with Gasteiger partial charge in [0.25, 0.3) is 5.91 Å². The molecule has 1 unspecified atom stereocenters. The van der Waals surface area contributed by atoms with E-state index in [2.05, 4.69) is 10.3 Å². The molecule has 1 atom stereocenters. The number of aromatic amines is 1. The minimum absolute atomic E-state index is 0.0604. The van der Waals surface area contributed by atoms with Crippen LogP contribution in [0.5, 0.6) is 0 Å². The molecule has 0 saturated carbocycles. The van der Waals surface area contributed by atoms with Crippen LogP contribution in [-0.2, 0) is 9.59 Å². The molecule has 2 aromatic rings. The molecule has 23 heavy (non-hydrogen) atoms. The average molecular weight is 313 g/mol. The number of piperidine rings is 1. The van der Waals surface area contributed by atoms with E-state index in [4.69, 9.17) is 0 Å². The largest absolute Gasteiger partial charge is 0.351 e. The van der Waals surface area contributed by atoms with Crippen molar-refractivity contribution in [3.8, 4) is 0 Å². The van der Waals surface area contributed by atoms with Crippen LogP contribution in [0.4, 0.5) is 0 Å². The fourth-order valence-corrected chi connectivity index (χ4v) is 2.80. The molecule has 1 saturated heterocycles. The van der Waals surface area contributed by atoms with Gasteiger partial charge in [0.1, 0.15) is 11.5 Å². The molecule has 3 rings (SSSR count). The second kappa shape index (κ2) is 6.24. The minimum atomic E-state index is -0.310. The van der Waals surface area contributed by atoms with E-state index in [-0.39, 0.29) is 30.1 Å². The summed E-state index contributed by atoms with van der Waals surface area (Å²) in [6.45, 7) is 2.63. The average Bonchev–Trinajstić information content (AvgIpc) is 2.99. The molecule has 120 valence electrons. The summed E-state index contributed by atoms with van der Waals surface area (Å²) in [7, 11) is 0. The second-order valence-corrected chi connectivity index (χ2v) is 5.91. The van der Waals surface area contributed by atoms with Crippen molar-refractivity contribution in [2.45, 2.75) is 13.3 Å². The fourth-order valence-electron chi connectivity index (χ4n) is 2.80. The van der Waals surface area contributed by atoms with Crippen molar-refractivity contribution in [1.29, 1.82) is 0 Å². The smallest absolute Gasteiger partial charge is 0.268 e. The zero-order valence-electron chi connectivity index (χ0n) is 13.0. The number of nitrogens with one attached hydrogen (secondary N) is 2. The quantitative estimate of drug-likeness (QED) is 0.897. The first-order valence-corrected chi connectivity index (χ1v) is 7.71. The lowest BCUT2D eigenvalue weighted by molar-refractivity contribution is -0.136. The summed E-state index contributed by atoms with van der Waals surface area (Å²) in [6, 6.07) is 9.36. The lowest BCUT2D eigenvalue weighted by atomic mass is 9.98. The number of carbonyl (C=O) groups excluding carboxylic acids is 3. The highest BCUT2D eigenvalue weighted by Crippen LogP contribution is 2.15. The molecule has 0 radical (unpaired) electrons. The van der Waals surface area contributed by atoms with Gasteiger partial charge in [0.05, 0.1) is 6.54 Å². The molecule has 1 aliphatic heterocycles. The Labute approximate surface area is 133 Å². The number of ketones is 1. The van der Waals surface area contributed by atoms with Gasteiger partial charge in [-0.2, -0.15) is 0 Å². The Morgan fingerprint density at radius 2 is 2.13 bits per heavy atom. The van der Waals surface area contributed by atoms with Gasteiger partial charge in [0.2, 0.25) is 5.91 Å². The second-order valence-electron chi connectivity index (χ2n) is 5.91. The highest BCUT2D eigenvalue weighted by molar-refractivity contribution is 5.99. The highest BCUT2D eigenvalue weighted by atomic mass is 16.2. The molecule has 0 spiro atoms. The predicted octanol–water partition coefficient (Wildman–Crippen LogP) is 1.34. The van der Waals surface area contributed by atoms with Crippen molar-refractivity contribution in [1.82, 2.24) is 15.2 Å². The van der Waals surface area contributed by atoms with Gasteiger partial charge in [-0.1, -0.05) is 25.1 Å². The number of amides is 2. The number of hydrogen-bond acceptors (Lipinski definition) is 3. The number of para-hydroxylation sites is 1. The number of likely N-dealkylation sites (tertiary alicyclic amines) is 1. The molecule has 1 fully saturated rings. The number of carbonyl (C=O) groups is 3. The van der Waals surface area contributed by atoms with E-state index in [0.717, 1.165) is 10.9 Å². The number of aromatic nitrogens is 1. The van der Waals surface area contributed by atoms with Crippen molar-refractivity contribution in [3.05, 3.63) is 36.0 Å². The zero-order chi connectivity index (χ0) is 16.4. The Hall–Kier alpha value is -2.63. The van der Waals surface area contributed by atoms with Crippen molar-refractivity contribution in [3.63, 3.8) is 0 Å². The lowest BCUT2D eigenvalue weighted by Crippen LogP contribution is -2.47. The highest BCUT2D eigenvalue weighted by Gasteiger charge is 2.26. The summed E-state index contributed by atoms with van der Waals surface area (Å²) in [6.07, 6.45) is 0.392. The topological polar surface area (TPSA) is 82.3 Å². The van der Waals surface area contributed by atoms with Crippen LogP contribution in [0, 0.1) is 5.92 Å². The molecule has 0 aliphatic carbocycles. The molecule has 6 heteroatoms. The first-order valence-electron chi connectivity index (χ1n) is 7.71. The molecule has 2 N–H and O–H groups in total. The number of nitrogens with zero attached hydrogens (tertiary/aromatic N) is 1. The van der Waals surface area contributed by atoms with Crippen LogP contribution in [0.2, 0.25) is 0 Å². The van der Waals surface area contributed by atoms with Crippen LogP contribution in [-0.4, -0.2) is 47.1 Å². The Morgan fingerprint density at radius 1 is 1.35 bits per heavy atom. The van der Waals surface area contributed by atoms with Gasteiger partial charge in [0.15, 0.2) is 0 Å². The van der Waals surface area contributed by atoms with Gasteiger partial charge >= 0.3 is 0 Å². The number of fused-ring (bicyclic) bond motifs is 1. The minimum Gasteiger partial charge on any atom is -0.351 e. The van der Waals surface area contributed by atoms with E-state index in [9.17, 15) is 14.4 Å². The van der Waals surface area contributed by atoms with Crippen LogP contribution >= 0.6 is 0 Å². The van der Waals surface area contributed by atoms with Crippen LogP contribution in [0.1, 0.15) is 23.8 Å². The Kier molecular flexibility index (Phi) is 4.14. The third-order valence-corrected chi connectivity index (χ3v) is 4.20. The first kappa shape index (κ1) is 15.3. The van der Waals surface area contributed by atoms with E-state index in [0.29, 0.717) is 25.2 Å². The first-order chi connectivity index (χ1) is 11.0. The number of benzene rings is 1. The summed E-state index contributed by atoms with van der Waals surface area (Å²) in [4.78, 5) is 40.5. The monoisotopic (exact) mass is 313 g/mol. The maximum Gasteiger partial charge on any atom is 0.268 e. The molecular formula is C17H19N3O3. The Balaban J connectivity index is 1.58. The van der Waals surface area contributed by atoms with E-state index in [1.54, 1.807) is 11.0 Å². The lowest BCUT2D eigenvalue weighted by Gasteiger charge is -2.30. The maximum atomic E-state index is 12.2. The number of hydrogen-bond donors (Lipinski definition) is 2. The van der Waals surface area contributed by atoms with E-state index < -0.39 is 0 Å².